The summed E-state index contributed by atoms with van der Waals surface area (Å²) >= 11 is 0. The molecule has 0 rings (SSSR count). The Morgan fingerprint density at radius 2 is 2.00 bits per heavy atom. The molecule has 0 aliphatic heterocycles. The smallest absolute Gasteiger partial charge is 0.305 e. The molecule has 0 aromatic heterocycles. The maximum atomic E-state index is 11.1. The predicted octanol–water partition coefficient (Wildman–Crippen LogP) is -0.863. The van der Waals surface area contributed by atoms with Crippen molar-refractivity contribution in [3.05, 3.63) is 0 Å². The van der Waals surface area contributed by atoms with Crippen LogP contribution in [-0.2, 0) is 9.59 Å². The number of carboxylic acids is 1. The van der Waals surface area contributed by atoms with Crippen LogP contribution in [-0.4, -0.2) is 49.1 Å². The highest BCUT2D eigenvalue weighted by molar-refractivity contribution is 5.85. The van der Waals surface area contributed by atoms with Gasteiger partial charge in [-0.25, -0.2) is 0 Å². The van der Waals surface area contributed by atoms with Gasteiger partial charge in [0.1, 0.15) is 0 Å². The van der Waals surface area contributed by atoms with Gasteiger partial charge in [-0.3, -0.25) is 14.5 Å². The molecule has 0 aliphatic carbocycles. The fraction of sp³-hybridized carbons (Fsp3) is 0.714. The molecule has 70 valence electrons. The number of carbonyl (C=O) groups is 2. The Labute approximate surface area is 71.4 Å². The van der Waals surface area contributed by atoms with Crippen molar-refractivity contribution in [3.63, 3.8) is 0 Å². The maximum absolute atomic E-state index is 11.1. The topological polar surface area (TPSA) is 69.6 Å². The Kier molecular flexibility index (Phi) is 4.28. The van der Waals surface area contributed by atoms with E-state index in [9.17, 15) is 9.59 Å². The number of likely N-dealkylation sites (N-methyl/N-ethyl adjacent to an activating group) is 2. The number of hydrogen-bond donors (Lipinski definition) is 2. The van der Waals surface area contributed by atoms with Crippen LogP contribution >= 0.6 is 0 Å². The van der Waals surface area contributed by atoms with Crippen LogP contribution in [0.25, 0.3) is 0 Å². The summed E-state index contributed by atoms with van der Waals surface area (Å²) in [5, 5.41) is 10.9. The number of carbonyl (C=O) groups excluding carboxylic acids is 1. The van der Waals surface area contributed by atoms with E-state index in [1.165, 1.54) is 7.05 Å². The van der Waals surface area contributed by atoms with Gasteiger partial charge in [-0.05, 0) is 14.1 Å². The van der Waals surface area contributed by atoms with Crippen molar-refractivity contribution in [2.45, 2.75) is 12.5 Å². The molecule has 0 saturated heterocycles. The second-order valence-electron chi connectivity index (χ2n) is 2.69. The Balaban J connectivity index is 4.23. The Bertz CT molecular complexity index is 179. The summed E-state index contributed by atoms with van der Waals surface area (Å²) in [7, 11) is 4.83. The molecule has 0 spiro atoms. The third kappa shape index (κ3) is 3.34. The summed E-state index contributed by atoms with van der Waals surface area (Å²) in [5.74, 6) is -1.25. The van der Waals surface area contributed by atoms with E-state index >= 15 is 0 Å². The van der Waals surface area contributed by atoms with Crippen molar-refractivity contribution in [2.75, 3.05) is 21.1 Å². The zero-order valence-electron chi connectivity index (χ0n) is 7.50. The standard InChI is InChI=1S/C7H14N2O3/c1-8-7(12)5(9(2)3)4-6(10)11/h5H,4H2,1-3H3,(H,8,12)(H,10,11). The SMILES string of the molecule is CNC(=O)C(CC(=O)O)N(C)C. The third-order valence-electron chi connectivity index (χ3n) is 1.54. The van der Waals surface area contributed by atoms with E-state index in [0.717, 1.165) is 0 Å². The highest BCUT2D eigenvalue weighted by atomic mass is 16.4. The van der Waals surface area contributed by atoms with Crippen LogP contribution in [0, 0.1) is 0 Å². The normalized spacial score (nSPS) is 12.7. The van der Waals surface area contributed by atoms with Gasteiger partial charge in [-0.15, -0.1) is 0 Å². The van der Waals surface area contributed by atoms with Crippen LogP contribution in [0.3, 0.4) is 0 Å². The average molecular weight is 174 g/mol. The molecule has 1 atom stereocenters. The molecule has 12 heavy (non-hydrogen) atoms. The lowest BCUT2D eigenvalue weighted by Gasteiger charge is -2.20. The van der Waals surface area contributed by atoms with Crippen LogP contribution in [0.5, 0.6) is 0 Å². The molecule has 0 bridgehead atoms. The molecule has 0 aromatic carbocycles. The van der Waals surface area contributed by atoms with Gasteiger partial charge in [0.05, 0.1) is 12.5 Å². The minimum absolute atomic E-state index is 0.174. The molecule has 1 amide bonds. The van der Waals surface area contributed by atoms with E-state index < -0.39 is 12.0 Å². The molecule has 0 saturated carbocycles. The summed E-state index contributed by atoms with van der Waals surface area (Å²) in [4.78, 5) is 23.0. The van der Waals surface area contributed by atoms with Gasteiger partial charge in [-0.2, -0.15) is 0 Å². The van der Waals surface area contributed by atoms with Crippen molar-refractivity contribution in [2.24, 2.45) is 0 Å². The number of carboxylic acid groups (broad SMARTS) is 1. The molecule has 2 N–H and O–H groups in total. The Morgan fingerprint density at radius 3 is 2.25 bits per heavy atom. The first kappa shape index (κ1) is 10.9. The minimum atomic E-state index is -0.975. The van der Waals surface area contributed by atoms with Crippen LogP contribution < -0.4 is 5.32 Å². The number of aliphatic carboxylic acids is 1. The number of nitrogens with one attached hydrogen (secondary N) is 1. The van der Waals surface area contributed by atoms with Crippen molar-refractivity contribution in [1.82, 2.24) is 10.2 Å². The fourth-order valence-corrected chi connectivity index (χ4v) is 0.842. The Hall–Kier alpha value is -1.10. The lowest BCUT2D eigenvalue weighted by atomic mass is 10.2. The van der Waals surface area contributed by atoms with Gasteiger partial charge >= 0.3 is 5.97 Å². The van der Waals surface area contributed by atoms with Gasteiger partial charge < -0.3 is 10.4 Å². The largest absolute Gasteiger partial charge is 0.481 e. The lowest BCUT2D eigenvalue weighted by Crippen LogP contribution is -2.43. The summed E-state index contributed by atoms with van der Waals surface area (Å²) in [5.41, 5.74) is 0. The van der Waals surface area contributed by atoms with Crippen molar-refractivity contribution in [1.29, 1.82) is 0 Å². The Morgan fingerprint density at radius 1 is 1.50 bits per heavy atom. The zero-order chi connectivity index (χ0) is 9.72. The number of nitrogens with zero attached hydrogens (tertiary/aromatic N) is 1. The van der Waals surface area contributed by atoms with Crippen molar-refractivity contribution >= 4 is 11.9 Å². The monoisotopic (exact) mass is 174 g/mol. The van der Waals surface area contributed by atoms with Gasteiger partial charge in [0.25, 0.3) is 0 Å². The van der Waals surface area contributed by atoms with Crippen LogP contribution in [0.15, 0.2) is 0 Å². The molecule has 5 heteroatoms. The third-order valence-corrected chi connectivity index (χ3v) is 1.54. The first-order valence-corrected chi connectivity index (χ1v) is 3.58. The van der Waals surface area contributed by atoms with E-state index in [1.807, 2.05) is 0 Å². The van der Waals surface area contributed by atoms with Gasteiger partial charge in [-0.1, -0.05) is 0 Å². The van der Waals surface area contributed by atoms with Crippen molar-refractivity contribution < 1.29 is 14.7 Å². The molecule has 1 unspecified atom stereocenters. The van der Waals surface area contributed by atoms with Crippen molar-refractivity contribution in [3.8, 4) is 0 Å². The summed E-state index contributed by atoms with van der Waals surface area (Å²) in [6.45, 7) is 0. The van der Waals surface area contributed by atoms with Gasteiger partial charge in [0.2, 0.25) is 5.91 Å². The fourth-order valence-electron chi connectivity index (χ4n) is 0.842. The number of rotatable bonds is 4. The van der Waals surface area contributed by atoms with Crippen LogP contribution in [0.1, 0.15) is 6.42 Å². The minimum Gasteiger partial charge on any atom is -0.481 e. The first-order chi connectivity index (χ1) is 5.49. The van der Waals surface area contributed by atoms with E-state index in [0.29, 0.717) is 0 Å². The number of amides is 1. The second kappa shape index (κ2) is 4.71. The molecule has 0 fully saturated rings. The molecule has 0 heterocycles. The quantitative estimate of drug-likeness (QED) is 0.581. The summed E-state index contributed by atoms with van der Waals surface area (Å²) in [6.07, 6.45) is -0.174. The summed E-state index contributed by atoms with van der Waals surface area (Å²) in [6, 6.07) is -0.590. The molecule has 0 aromatic rings. The second-order valence-corrected chi connectivity index (χ2v) is 2.69. The van der Waals surface area contributed by atoms with E-state index in [2.05, 4.69) is 5.32 Å². The predicted molar refractivity (Wildman–Crippen MR) is 43.8 cm³/mol. The van der Waals surface area contributed by atoms with E-state index in [1.54, 1.807) is 19.0 Å². The molecule has 0 radical (unpaired) electrons. The molecule has 0 aliphatic rings. The van der Waals surface area contributed by atoms with Crippen LogP contribution in [0.4, 0.5) is 0 Å². The zero-order valence-corrected chi connectivity index (χ0v) is 7.50. The number of hydrogen-bond acceptors (Lipinski definition) is 3. The lowest BCUT2D eigenvalue weighted by molar-refractivity contribution is -0.141. The first-order valence-electron chi connectivity index (χ1n) is 3.58. The van der Waals surface area contributed by atoms with E-state index in [4.69, 9.17) is 5.11 Å². The average Bonchev–Trinajstić information content (AvgIpc) is 1.98. The van der Waals surface area contributed by atoms with Gasteiger partial charge in [0, 0.05) is 7.05 Å². The molecule has 5 nitrogen and oxygen atoms in total. The maximum Gasteiger partial charge on any atom is 0.305 e. The highest BCUT2D eigenvalue weighted by Crippen LogP contribution is 1.99. The summed E-state index contributed by atoms with van der Waals surface area (Å²) < 4.78 is 0. The molecular formula is C7H14N2O3. The molecular weight excluding hydrogens is 160 g/mol. The van der Waals surface area contributed by atoms with E-state index in [-0.39, 0.29) is 12.3 Å². The van der Waals surface area contributed by atoms with Gasteiger partial charge in [0.15, 0.2) is 0 Å². The van der Waals surface area contributed by atoms with Crippen LogP contribution in [0.2, 0.25) is 0 Å². The highest BCUT2D eigenvalue weighted by Gasteiger charge is 2.22.